The van der Waals surface area contributed by atoms with Gasteiger partial charge >= 0.3 is 37.3 Å². The summed E-state index contributed by atoms with van der Waals surface area (Å²) in [6.07, 6.45) is 0. The smallest absolute Gasteiger partial charge is 0.360 e. The Morgan fingerprint density at radius 1 is 0.250 bits per heavy atom. The van der Waals surface area contributed by atoms with Crippen molar-refractivity contribution in [3.63, 3.8) is 0 Å². The van der Waals surface area contributed by atoms with Gasteiger partial charge in [0.05, 0.1) is 0 Å². The van der Waals surface area contributed by atoms with Crippen LogP contribution in [0.15, 0.2) is 0 Å². The van der Waals surface area contributed by atoms with Crippen molar-refractivity contribution in [1.29, 1.82) is 0 Å². The molecule has 3 nitrogen and oxygen atoms in total. The van der Waals surface area contributed by atoms with Crippen molar-refractivity contribution in [3.05, 3.63) is 0 Å². The van der Waals surface area contributed by atoms with Crippen LogP contribution < -0.4 is 13.9 Å². The molecule has 0 aliphatic carbocycles. The quantitative estimate of drug-likeness (QED) is 0.279. The third-order valence-electron chi connectivity index (χ3n) is 2.25. The zero-order valence-electron chi connectivity index (χ0n) is 22.8. The van der Waals surface area contributed by atoms with Gasteiger partial charge in [0.2, 0.25) is 0 Å². The molecule has 0 rings (SSSR count). The zero-order chi connectivity index (χ0) is 23.1. The first-order valence-corrected chi connectivity index (χ1v) is 31.5. The molecule has 0 aromatic carbocycles. The Labute approximate surface area is 216 Å². The molecule has 0 spiro atoms. The van der Waals surface area contributed by atoms with Crippen LogP contribution in [0, 0.1) is 37.3 Å². The first-order chi connectivity index (χ1) is 11.1. The molecule has 28 heavy (non-hydrogen) atoms. The summed E-state index contributed by atoms with van der Waals surface area (Å²) in [5.74, 6) is 0. The molecule has 0 atom stereocenters. The van der Waals surface area contributed by atoms with Gasteiger partial charge in [0.25, 0.3) is 0 Å². The molecular formula is C18H57ErN3Si6+3. The fourth-order valence-electron chi connectivity index (χ4n) is 3.38. The van der Waals surface area contributed by atoms with Crippen LogP contribution in [-0.2, 0) is 0 Å². The molecular weight excluding hydrogens is 594 g/mol. The van der Waals surface area contributed by atoms with Crippen LogP contribution in [0.1, 0.15) is 0 Å². The van der Waals surface area contributed by atoms with Crippen molar-refractivity contribution in [3.8, 4) is 0 Å². The van der Waals surface area contributed by atoms with Gasteiger partial charge < -0.3 is 13.9 Å². The van der Waals surface area contributed by atoms with E-state index in [0.717, 1.165) is 0 Å². The molecule has 1 radical (unpaired) electrons. The molecule has 0 aliphatic heterocycles. The standard InChI is InChI=1S/3C6H19NSi2.Er/c3*1-8(2,3)7-9(4,5)6;/h3*7H,1-6H3;/q;;;+3. The second-order valence-corrected chi connectivity index (χ2v) is 43.9. The van der Waals surface area contributed by atoms with Crippen molar-refractivity contribution < 1.29 is 37.3 Å². The van der Waals surface area contributed by atoms with E-state index in [9.17, 15) is 0 Å². The van der Waals surface area contributed by atoms with Gasteiger partial charge in [-0.3, -0.25) is 0 Å². The predicted molar refractivity (Wildman–Crippen MR) is 149 cm³/mol. The molecule has 0 bridgehead atoms. The molecule has 0 unspecified atom stereocenters. The maximum absolute atomic E-state index is 3.74. The molecule has 0 heterocycles. The third kappa shape index (κ3) is 51.2. The second kappa shape index (κ2) is 13.9. The predicted octanol–water partition coefficient (Wildman–Crippen LogP) is 6.74. The third-order valence-corrected chi connectivity index (χ3v) is 20.2. The molecule has 0 aromatic rings. The number of hydrogen-bond donors (Lipinski definition) is 3. The summed E-state index contributed by atoms with van der Waals surface area (Å²) in [5.41, 5.74) is 0. The minimum absolute atomic E-state index is 0. The number of nitrogens with one attached hydrogen (secondary N) is 3. The molecule has 10 heteroatoms. The maximum atomic E-state index is 3.74. The van der Waals surface area contributed by atoms with E-state index < -0.39 is 49.4 Å². The maximum Gasteiger partial charge on any atom is 3.00 e. The van der Waals surface area contributed by atoms with Crippen molar-refractivity contribution >= 4 is 49.4 Å². The number of hydrogen-bond acceptors (Lipinski definition) is 3. The fraction of sp³-hybridized carbons (Fsp3) is 1.00. The van der Waals surface area contributed by atoms with Gasteiger partial charge in [0, 0.05) is 0 Å². The Hall–Kier alpha value is 2.43. The minimum atomic E-state index is -0.981. The van der Waals surface area contributed by atoms with E-state index in [1.807, 2.05) is 0 Å². The van der Waals surface area contributed by atoms with Crippen molar-refractivity contribution in [1.82, 2.24) is 13.9 Å². The molecule has 0 saturated heterocycles. The Bertz CT molecular complexity index is 297. The van der Waals surface area contributed by atoms with Crippen LogP contribution in [0.3, 0.4) is 0 Å². The van der Waals surface area contributed by atoms with E-state index in [1.54, 1.807) is 0 Å². The Balaban J connectivity index is -0.000000152. The van der Waals surface area contributed by atoms with Crippen molar-refractivity contribution in [2.24, 2.45) is 0 Å². The summed E-state index contributed by atoms with van der Waals surface area (Å²) in [4.78, 5) is 0. The van der Waals surface area contributed by atoms with Gasteiger partial charge in [-0.25, -0.2) is 0 Å². The van der Waals surface area contributed by atoms with Crippen LogP contribution in [0.5, 0.6) is 0 Å². The summed E-state index contributed by atoms with van der Waals surface area (Å²) in [7, 11) is -5.89. The topological polar surface area (TPSA) is 36.1 Å². The van der Waals surface area contributed by atoms with E-state index in [0.29, 0.717) is 0 Å². The van der Waals surface area contributed by atoms with E-state index in [1.165, 1.54) is 0 Å². The van der Waals surface area contributed by atoms with E-state index in [2.05, 4.69) is 132 Å². The average Bonchev–Trinajstić information content (AvgIpc) is 1.96. The largest absolute Gasteiger partial charge is 3.00 e. The van der Waals surface area contributed by atoms with E-state index in [-0.39, 0.29) is 37.3 Å². The summed E-state index contributed by atoms with van der Waals surface area (Å²) >= 11 is 0. The summed E-state index contributed by atoms with van der Waals surface area (Å²) < 4.78 is 11.2. The SMILES string of the molecule is C[Si](C)(C)N[Si](C)(C)C.C[Si](C)(C)N[Si](C)(C)C.C[Si](C)(C)N[Si](C)(C)C.[Er+3]. The van der Waals surface area contributed by atoms with E-state index >= 15 is 0 Å². The summed E-state index contributed by atoms with van der Waals surface area (Å²) in [6, 6.07) is 0. The molecule has 0 fully saturated rings. The average molecular weight is 651 g/mol. The summed E-state index contributed by atoms with van der Waals surface area (Å²) in [5, 5.41) is 0. The Morgan fingerprint density at radius 3 is 0.321 bits per heavy atom. The number of rotatable bonds is 6. The first kappa shape index (κ1) is 37.7. The van der Waals surface area contributed by atoms with Crippen LogP contribution in [-0.4, -0.2) is 49.4 Å². The van der Waals surface area contributed by atoms with Gasteiger partial charge in [0.1, 0.15) is 49.4 Å². The summed E-state index contributed by atoms with van der Waals surface area (Å²) in [6.45, 7) is 42.3. The van der Waals surface area contributed by atoms with Gasteiger partial charge in [-0.1, -0.05) is 118 Å². The molecule has 0 aliphatic rings. The molecule has 3 N–H and O–H groups in total. The zero-order valence-corrected chi connectivity index (χ0v) is 30.6. The second-order valence-electron chi connectivity index (χ2n) is 13.9. The van der Waals surface area contributed by atoms with Crippen LogP contribution in [0.2, 0.25) is 118 Å². The van der Waals surface area contributed by atoms with Crippen LogP contribution >= 0.6 is 0 Å². The van der Waals surface area contributed by atoms with Crippen LogP contribution in [0.4, 0.5) is 0 Å². The Morgan fingerprint density at radius 2 is 0.321 bits per heavy atom. The first-order valence-electron chi connectivity index (χ1n) is 10.5. The Kier molecular flexibility index (Phi) is 18.7. The van der Waals surface area contributed by atoms with Gasteiger partial charge in [-0.15, -0.1) is 0 Å². The van der Waals surface area contributed by atoms with Gasteiger partial charge in [-0.2, -0.15) is 0 Å². The normalized spacial score (nSPS) is 13.5. The molecule has 177 valence electrons. The monoisotopic (exact) mass is 649 g/mol. The molecule has 0 amide bonds. The molecule has 0 saturated carbocycles. The van der Waals surface area contributed by atoms with Crippen molar-refractivity contribution in [2.45, 2.75) is 118 Å². The van der Waals surface area contributed by atoms with E-state index in [4.69, 9.17) is 0 Å². The van der Waals surface area contributed by atoms with Gasteiger partial charge in [-0.05, 0) is 0 Å². The van der Waals surface area contributed by atoms with Gasteiger partial charge in [0.15, 0.2) is 0 Å². The van der Waals surface area contributed by atoms with Crippen molar-refractivity contribution in [2.75, 3.05) is 0 Å². The fourth-order valence-corrected chi connectivity index (χ4v) is 30.4. The minimum Gasteiger partial charge on any atom is -0.360 e. The van der Waals surface area contributed by atoms with Crippen LogP contribution in [0.25, 0.3) is 0 Å². The molecule has 0 aromatic heterocycles.